The molecule has 0 atom stereocenters. The van der Waals surface area contributed by atoms with Crippen LogP contribution >= 0.6 is 24.0 Å². The van der Waals surface area contributed by atoms with Crippen LogP contribution in [0.2, 0.25) is 0 Å². The number of guanidine groups is 1. The molecule has 0 radical (unpaired) electrons. The van der Waals surface area contributed by atoms with E-state index in [1.165, 1.54) is 12.1 Å². The van der Waals surface area contributed by atoms with Crippen LogP contribution in [0, 0.1) is 5.82 Å². The van der Waals surface area contributed by atoms with Gasteiger partial charge in [0.2, 0.25) is 10.0 Å². The predicted octanol–water partition coefficient (Wildman–Crippen LogP) is 3.78. The summed E-state index contributed by atoms with van der Waals surface area (Å²) in [5, 5.41) is 6.26. The average Bonchev–Trinajstić information content (AvgIpc) is 2.62. The summed E-state index contributed by atoms with van der Waals surface area (Å²) in [5.41, 5.74) is 0.793. The van der Waals surface area contributed by atoms with E-state index in [4.69, 9.17) is 0 Å². The average molecular weight is 548 g/mol. The van der Waals surface area contributed by atoms with Gasteiger partial charge in [0.05, 0.1) is 11.4 Å². The van der Waals surface area contributed by atoms with Gasteiger partial charge in [-0.25, -0.2) is 22.5 Å². The van der Waals surface area contributed by atoms with E-state index in [-0.39, 0.29) is 41.2 Å². The van der Waals surface area contributed by atoms with Crippen molar-refractivity contribution < 1.29 is 12.8 Å². The molecular formula is C21H30FIN4O2S. The summed E-state index contributed by atoms with van der Waals surface area (Å²) in [6.07, 6.45) is 0. The molecule has 0 amide bonds. The normalized spacial score (nSPS) is 12.2. The first-order valence-electron chi connectivity index (χ1n) is 9.49. The van der Waals surface area contributed by atoms with Crippen LogP contribution in [-0.4, -0.2) is 26.5 Å². The second-order valence-corrected chi connectivity index (χ2v) is 9.29. The van der Waals surface area contributed by atoms with E-state index < -0.39 is 15.6 Å². The van der Waals surface area contributed by atoms with Gasteiger partial charge in [-0.05, 0) is 57.0 Å². The topological polar surface area (TPSA) is 82.6 Å². The highest BCUT2D eigenvalue weighted by Gasteiger charge is 2.24. The fourth-order valence-electron chi connectivity index (χ4n) is 2.70. The first-order valence-corrected chi connectivity index (χ1v) is 11.0. The quantitative estimate of drug-likeness (QED) is 0.280. The monoisotopic (exact) mass is 548 g/mol. The van der Waals surface area contributed by atoms with Crippen molar-refractivity contribution in [3.05, 3.63) is 65.5 Å². The largest absolute Gasteiger partial charge is 0.357 e. The van der Waals surface area contributed by atoms with Gasteiger partial charge in [-0.15, -0.1) is 24.0 Å². The van der Waals surface area contributed by atoms with E-state index in [0.29, 0.717) is 24.6 Å². The summed E-state index contributed by atoms with van der Waals surface area (Å²) in [5.74, 6) is 0.217. The number of benzene rings is 2. The van der Waals surface area contributed by atoms with Gasteiger partial charge < -0.3 is 10.6 Å². The third kappa shape index (κ3) is 8.57. The molecule has 0 spiro atoms. The lowest BCUT2D eigenvalue weighted by Gasteiger charge is -2.22. The minimum absolute atomic E-state index is 0. The van der Waals surface area contributed by atoms with E-state index in [1.54, 1.807) is 57.2 Å². The van der Waals surface area contributed by atoms with Gasteiger partial charge in [-0.2, -0.15) is 0 Å². The molecule has 9 heteroatoms. The fraction of sp³-hybridized carbons (Fsp3) is 0.381. The third-order valence-corrected chi connectivity index (χ3v) is 5.66. The number of rotatable bonds is 7. The van der Waals surface area contributed by atoms with Crippen LogP contribution in [0.3, 0.4) is 0 Å². The molecule has 3 N–H and O–H groups in total. The molecule has 0 aliphatic rings. The van der Waals surface area contributed by atoms with Crippen LogP contribution in [0.15, 0.2) is 58.4 Å². The maximum atomic E-state index is 13.3. The predicted molar refractivity (Wildman–Crippen MR) is 130 cm³/mol. The molecular weight excluding hydrogens is 518 g/mol. The van der Waals surface area contributed by atoms with E-state index in [0.717, 1.165) is 5.56 Å². The number of nitrogens with zero attached hydrogens (tertiary/aromatic N) is 1. The number of aliphatic imine (C=N–C) groups is 1. The van der Waals surface area contributed by atoms with E-state index >= 15 is 0 Å². The SMILES string of the molecule is CCNC(=NCc1cccc(F)c1)NCc1ccccc1S(=O)(=O)NC(C)(C)C.I. The maximum Gasteiger partial charge on any atom is 0.241 e. The fourth-order valence-corrected chi connectivity index (χ4v) is 4.36. The van der Waals surface area contributed by atoms with Crippen LogP contribution in [0.1, 0.15) is 38.8 Å². The van der Waals surface area contributed by atoms with Crippen molar-refractivity contribution in [3.8, 4) is 0 Å². The minimum atomic E-state index is -3.66. The second kappa shape index (κ2) is 11.6. The summed E-state index contributed by atoms with van der Waals surface area (Å²) in [7, 11) is -3.66. The Morgan fingerprint density at radius 2 is 1.77 bits per heavy atom. The molecule has 0 aliphatic heterocycles. The molecule has 2 rings (SSSR count). The highest BCUT2D eigenvalue weighted by molar-refractivity contribution is 14.0. The Bertz CT molecular complexity index is 959. The number of hydrogen-bond donors (Lipinski definition) is 3. The smallest absolute Gasteiger partial charge is 0.241 e. The molecule has 0 heterocycles. The lowest BCUT2D eigenvalue weighted by Crippen LogP contribution is -2.41. The molecule has 2 aromatic rings. The summed E-state index contributed by atoms with van der Waals surface area (Å²) >= 11 is 0. The third-order valence-electron chi connectivity index (χ3n) is 3.80. The van der Waals surface area contributed by atoms with E-state index in [9.17, 15) is 12.8 Å². The molecule has 166 valence electrons. The van der Waals surface area contributed by atoms with Crippen LogP contribution in [0.25, 0.3) is 0 Å². The summed E-state index contributed by atoms with van der Waals surface area (Å²) in [6.45, 7) is 8.55. The first-order chi connectivity index (χ1) is 13.6. The van der Waals surface area contributed by atoms with Crippen LogP contribution < -0.4 is 15.4 Å². The number of halogens is 2. The summed E-state index contributed by atoms with van der Waals surface area (Å²) < 4.78 is 41.5. The zero-order valence-electron chi connectivity index (χ0n) is 17.7. The van der Waals surface area contributed by atoms with Crippen molar-refractivity contribution in [2.75, 3.05) is 6.54 Å². The van der Waals surface area contributed by atoms with Crippen molar-refractivity contribution in [1.82, 2.24) is 15.4 Å². The van der Waals surface area contributed by atoms with Gasteiger partial charge >= 0.3 is 0 Å². The summed E-state index contributed by atoms with van der Waals surface area (Å²) in [6, 6.07) is 13.1. The van der Waals surface area contributed by atoms with Crippen molar-refractivity contribution in [2.45, 2.75) is 51.2 Å². The Balaban J connectivity index is 0.00000450. The van der Waals surface area contributed by atoms with E-state index in [2.05, 4.69) is 20.3 Å². The second-order valence-electron chi connectivity index (χ2n) is 7.64. The molecule has 0 saturated heterocycles. The lowest BCUT2D eigenvalue weighted by molar-refractivity contribution is 0.491. The maximum absolute atomic E-state index is 13.3. The molecule has 0 unspecified atom stereocenters. The Morgan fingerprint density at radius 1 is 1.07 bits per heavy atom. The molecule has 0 fully saturated rings. The molecule has 0 aliphatic carbocycles. The van der Waals surface area contributed by atoms with Crippen LogP contribution in [-0.2, 0) is 23.1 Å². The highest BCUT2D eigenvalue weighted by Crippen LogP contribution is 2.17. The van der Waals surface area contributed by atoms with Crippen LogP contribution in [0.4, 0.5) is 4.39 Å². The molecule has 2 aromatic carbocycles. The van der Waals surface area contributed by atoms with Crippen molar-refractivity contribution >= 4 is 40.0 Å². The number of sulfonamides is 1. The molecule has 0 aromatic heterocycles. The van der Waals surface area contributed by atoms with Crippen LogP contribution in [0.5, 0.6) is 0 Å². The Kier molecular flexibility index (Phi) is 10.2. The van der Waals surface area contributed by atoms with Gasteiger partial charge in [0.25, 0.3) is 0 Å². The standard InChI is InChI=1S/C21H29FN4O2S.HI/c1-5-23-20(24-14-16-9-8-11-18(22)13-16)25-15-17-10-6-7-12-19(17)29(27,28)26-21(2,3)4;/h6-13,26H,5,14-15H2,1-4H3,(H2,23,24,25);1H. The molecule has 0 bridgehead atoms. The van der Waals surface area contributed by atoms with E-state index in [1.807, 2.05) is 6.92 Å². The van der Waals surface area contributed by atoms with Gasteiger partial charge in [0, 0.05) is 18.6 Å². The number of hydrogen-bond acceptors (Lipinski definition) is 3. The minimum Gasteiger partial charge on any atom is -0.357 e. The number of nitrogens with one attached hydrogen (secondary N) is 3. The zero-order valence-corrected chi connectivity index (χ0v) is 20.8. The molecule has 30 heavy (non-hydrogen) atoms. The summed E-state index contributed by atoms with van der Waals surface area (Å²) in [4.78, 5) is 4.68. The van der Waals surface area contributed by atoms with Gasteiger partial charge in [-0.3, -0.25) is 0 Å². The van der Waals surface area contributed by atoms with Crippen molar-refractivity contribution in [3.63, 3.8) is 0 Å². The van der Waals surface area contributed by atoms with Gasteiger partial charge in [-0.1, -0.05) is 30.3 Å². The van der Waals surface area contributed by atoms with Crippen molar-refractivity contribution in [1.29, 1.82) is 0 Å². The lowest BCUT2D eigenvalue weighted by atomic mass is 10.1. The van der Waals surface area contributed by atoms with Gasteiger partial charge in [0.15, 0.2) is 5.96 Å². The Labute approximate surface area is 195 Å². The van der Waals surface area contributed by atoms with Crippen molar-refractivity contribution in [2.24, 2.45) is 4.99 Å². The molecule has 6 nitrogen and oxygen atoms in total. The first kappa shape index (κ1) is 26.3. The Hall–Kier alpha value is -1.72. The highest BCUT2D eigenvalue weighted by atomic mass is 127. The van der Waals surface area contributed by atoms with Gasteiger partial charge in [0.1, 0.15) is 5.82 Å². The Morgan fingerprint density at radius 3 is 2.40 bits per heavy atom. The molecule has 0 saturated carbocycles. The zero-order chi connectivity index (χ0) is 21.5.